The molecule has 0 radical (unpaired) electrons. The first-order chi connectivity index (χ1) is 10.5. The second kappa shape index (κ2) is 6.35. The lowest BCUT2D eigenvalue weighted by molar-refractivity contribution is -0.140. The number of esters is 2. The van der Waals surface area contributed by atoms with E-state index in [-0.39, 0.29) is 41.8 Å². The minimum atomic E-state index is -0.758. The highest BCUT2D eigenvalue weighted by atomic mass is 16.5. The fourth-order valence-electron chi connectivity index (χ4n) is 2.08. The summed E-state index contributed by atoms with van der Waals surface area (Å²) in [5.41, 5.74) is 0.188. The van der Waals surface area contributed by atoms with Crippen LogP contribution in [0, 0.1) is 0 Å². The van der Waals surface area contributed by atoms with Crippen LogP contribution in [-0.4, -0.2) is 49.7 Å². The maximum absolute atomic E-state index is 12.0. The molecule has 0 unspecified atom stereocenters. The number of methoxy groups -OCH3 is 2. The second-order valence-corrected chi connectivity index (χ2v) is 4.42. The molecule has 22 heavy (non-hydrogen) atoms. The first kappa shape index (κ1) is 15.6. The normalized spacial score (nSPS) is 14.7. The first-order valence-corrected chi connectivity index (χ1v) is 6.26. The molecule has 0 saturated carbocycles. The van der Waals surface area contributed by atoms with Crippen molar-refractivity contribution in [2.75, 3.05) is 32.5 Å². The standard InChI is InChI=1S/C14H15NO7/c1-20-13(18)11-6-22-7-15(12(11)14(19)21-2)8-3-9(16)5-10(17)4-8/h3-5,16-17H,6-7H2,1-2H3. The van der Waals surface area contributed by atoms with Crippen molar-refractivity contribution in [3.63, 3.8) is 0 Å². The Morgan fingerprint density at radius 3 is 2.23 bits per heavy atom. The molecule has 0 fully saturated rings. The monoisotopic (exact) mass is 309 g/mol. The number of carbonyl (C=O) groups is 2. The summed E-state index contributed by atoms with van der Waals surface area (Å²) in [6, 6.07) is 3.76. The second-order valence-electron chi connectivity index (χ2n) is 4.42. The molecule has 1 heterocycles. The number of hydrogen-bond acceptors (Lipinski definition) is 8. The van der Waals surface area contributed by atoms with Crippen LogP contribution in [-0.2, 0) is 23.8 Å². The molecule has 1 aromatic rings. The summed E-state index contributed by atoms with van der Waals surface area (Å²) in [4.78, 5) is 25.2. The van der Waals surface area contributed by atoms with Gasteiger partial charge in [0.05, 0.1) is 32.1 Å². The van der Waals surface area contributed by atoms with Gasteiger partial charge in [0.2, 0.25) is 0 Å². The number of rotatable bonds is 3. The van der Waals surface area contributed by atoms with E-state index in [0.29, 0.717) is 0 Å². The van der Waals surface area contributed by atoms with Crippen molar-refractivity contribution in [3.05, 3.63) is 29.5 Å². The van der Waals surface area contributed by atoms with E-state index >= 15 is 0 Å². The summed E-state index contributed by atoms with van der Waals surface area (Å²) in [6.07, 6.45) is 0. The van der Waals surface area contributed by atoms with Crippen LogP contribution in [0.3, 0.4) is 0 Å². The van der Waals surface area contributed by atoms with E-state index in [1.54, 1.807) is 0 Å². The highest BCUT2D eigenvalue weighted by Gasteiger charge is 2.32. The summed E-state index contributed by atoms with van der Waals surface area (Å²) >= 11 is 0. The first-order valence-electron chi connectivity index (χ1n) is 6.26. The molecule has 0 saturated heterocycles. The van der Waals surface area contributed by atoms with Crippen molar-refractivity contribution in [2.45, 2.75) is 0 Å². The molecular formula is C14H15NO7. The van der Waals surface area contributed by atoms with E-state index in [2.05, 4.69) is 4.74 Å². The van der Waals surface area contributed by atoms with E-state index in [9.17, 15) is 19.8 Å². The summed E-state index contributed by atoms with van der Waals surface area (Å²) in [7, 11) is 2.36. The molecule has 8 nitrogen and oxygen atoms in total. The summed E-state index contributed by atoms with van der Waals surface area (Å²) in [6.45, 7) is -0.174. The minimum Gasteiger partial charge on any atom is -0.508 e. The lowest BCUT2D eigenvalue weighted by Gasteiger charge is -2.31. The van der Waals surface area contributed by atoms with Gasteiger partial charge in [-0.3, -0.25) is 0 Å². The van der Waals surface area contributed by atoms with Crippen molar-refractivity contribution in [1.82, 2.24) is 0 Å². The van der Waals surface area contributed by atoms with Crippen LogP contribution >= 0.6 is 0 Å². The number of anilines is 1. The number of phenolic OH excluding ortho intramolecular Hbond substituents is 2. The molecule has 0 amide bonds. The smallest absolute Gasteiger partial charge is 0.355 e. The molecule has 0 aromatic heterocycles. The molecule has 1 aromatic carbocycles. The summed E-state index contributed by atoms with van der Waals surface area (Å²) in [5, 5.41) is 19.2. The van der Waals surface area contributed by atoms with Gasteiger partial charge in [-0.1, -0.05) is 0 Å². The zero-order valence-corrected chi connectivity index (χ0v) is 12.0. The van der Waals surface area contributed by atoms with Gasteiger partial charge in [-0.05, 0) is 0 Å². The van der Waals surface area contributed by atoms with E-state index in [0.717, 1.165) is 6.07 Å². The third-order valence-corrected chi connectivity index (χ3v) is 3.03. The molecule has 0 bridgehead atoms. The minimum absolute atomic E-state index is 0.0107. The molecule has 1 aliphatic heterocycles. The van der Waals surface area contributed by atoms with E-state index in [1.165, 1.54) is 31.3 Å². The molecule has 0 atom stereocenters. The Hall–Kier alpha value is -2.74. The summed E-state index contributed by atoms with van der Waals surface area (Å²) in [5.74, 6) is -1.89. The van der Waals surface area contributed by atoms with E-state index in [4.69, 9.17) is 9.47 Å². The Morgan fingerprint density at radius 2 is 1.68 bits per heavy atom. The molecule has 1 aliphatic rings. The zero-order valence-electron chi connectivity index (χ0n) is 12.0. The largest absolute Gasteiger partial charge is 0.508 e. The number of aromatic hydroxyl groups is 2. The fourth-order valence-corrected chi connectivity index (χ4v) is 2.08. The van der Waals surface area contributed by atoms with Crippen molar-refractivity contribution in [1.29, 1.82) is 0 Å². The van der Waals surface area contributed by atoms with Crippen LogP contribution in [0.1, 0.15) is 0 Å². The number of nitrogens with zero attached hydrogens (tertiary/aromatic N) is 1. The molecule has 0 aliphatic carbocycles. The summed E-state index contributed by atoms with van der Waals surface area (Å²) < 4.78 is 14.6. The van der Waals surface area contributed by atoms with Crippen LogP contribution in [0.4, 0.5) is 5.69 Å². The Labute approximate surface area is 126 Å². The number of phenols is 2. The van der Waals surface area contributed by atoms with Gasteiger partial charge in [0.25, 0.3) is 0 Å². The van der Waals surface area contributed by atoms with Gasteiger partial charge in [-0.15, -0.1) is 0 Å². The fraction of sp³-hybridized carbons (Fsp3) is 0.286. The SMILES string of the molecule is COC(=O)C1=C(C(=O)OC)N(c2cc(O)cc(O)c2)COC1. The Morgan fingerprint density at radius 1 is 1.09 bits per heavy atom. The Kier molecular flexibility index (Phi) is 4.52. The third-order valence-electron chi connectivity index (χ3n) is 3.03. The van der Waals surface area contributed by atoms with Crippen molar-refractivity contribution in [3.8, 4) is 11.5 Å². The number of hydrogen-bond donors (Lipinski definition) is 2. The number of ether oxygens (including phenoxy) is 3. The predicted molar refractivity (Wildman–Crippen MR) is 74.1 cm³/mol. The molecule has 2 rings (SSSR count). The average molecular weight is 309 g/mol. The highest BCUT2D eigenvalue weighted by Crippen LogP contribution is 2.32. The van der Waals surface area contributed by atoms with Gasteiger partial charge in [0, 0.05) is 18.2 Å². The topological polar surface area (TPSA) is 106 Å². The third kappa shape index (κ3) is 2.96. The van der Waals surface area contributed by atoms with Gasteiger partial charge >= 0.3 is 11.9 Å². The van der Waals surface area contributed by atoms with Crippen LogP contribution in [0.2, 0.25) is 0 Å². The van der Waals surface area contributed by atoms with Gasteiger partial charge in [0.15, 0.2) is 0 Å². The van der Waals surface area contributed by atoms with Crippen LogP contribution in [0.25, 0.3) is 0 Å². The molecule has 118 valence electrons. The molecular weight excluding hydrogens is 294 g/mol. The predicted octanol–water partition coefficient (Wildman–Crippen LogP) is 0.492. The highest BCUT2D eigenvalue weighted by molar-refractivity contribution is 6.03. The van der Waals surface area contributed by atoms with Crippen LogP contribution in [0.5, 0.6) is 11.5 Å². The van der Waals surface area contributed by atoms with Gasteiger partial charge in [-0.25, -0.2) is 9.59 Å². The van der Waals surface area contributed by atoms with Crippen LogP contribution in [0.15, 0.2) is 29.5 Å². The average Bonchev–Trinajstić information content (AvgIpc) is 2.51. The maximum atomic E-state index is 12.0. The van der Waals surface area contributed by atoms with Gasteiger partial charge < -0.3 is 29.3 Å². The maximum Gasteiger partial charge on any atom is 0.355 e. The lowest BCUT2D eigenvalue weighted by Crippen LogP contribution is -2.38. The molecule has 8 heteroatoms. The quantitative estimate of drug-likeness (QED) is 0.777. The zero-order chi connectivity index (χ0) is 16.3. The van der Waals surface area contributed by atoms with Crippen molar-refractivity contribution >= 4 is 17.6 Å². The molecule has 2 N–H and O–H groups in total. The Balaban J connectivity index is 2.57. The van der Waals surface area contributed by atoms with Crippen molar-refractivity contribution < 1.29 is 34.0 Å². The van der Waals surface area contributed by atoms with Crippen LogP contribution < -0.4 is 4.90 Å². The van der Waals surface area contributed by atoms with E-state index < -0.39 is 11.9 Å². The molecule has 0 spiro atoms. The Bertz CT molecular complexity index is 618. The van der Waals surface area contributed by atoms with Gasteiger partial charge in [0.1, 0.15) is 23.9 Å². The number of carbonyl (C=O) groups excluding carboxylic acids is 2. The van der Waals surface area contributed by atoms with E-state index in [1.807, 2.05) is 0 Å². The lowest BCUT2D eigenvalue weighted by atomic mass is 10.1. The van der Waals surface area contributed by atoms with Crippen molar-refractivity contribution in [2.24, 2.45) is 0 Å². The number of benzene rings is 1. The van der Waals surface area contributed by atoms with Gasteiger partial charge in [-0.2, -0.15) is 0 Å².